The second kappa shape index (κ2) is 19.0. The maximum atomic E-state index is 14.2. The van der Waals surface area contributed by atoms with Gasteiger partial charge in [0.2, 0.25) is 17.8 Å². The van der Waals surface area contributed by atoms with Crippen LogP contribution in [0.25, 0.3) is 0 Å². The van der Waals surface area contributed by atoms with E-state index < -0.39 is 23.2 Å². The molecule has 4 aromatic carbocycles. The van der Waals surface area contributed by atoms with Crippen molar-refractivity contribution >= 4 is 40.9 Å². The first kappa shape index (κ1) is 38.2. The number of hydrogen-bond donors (Lipinski definition) is 5. The Morgan fingerprint density at radius 1 is 0.698 bits per heavy atom. The molecule has 0 bridgehead atoms. The topological polar surface area (TPSA) is 160 Å². The minimum Gasteiger partial charge on any atom is -0.508 e. The van der Waals surface area contributed by atoms with E-state index in [1.54, 1.807) is 54.6 Å². The summed E-state index contributed by atoms with van der Waals surface area (Å²) in [6.07, 6.45) is -3.85. The first-order valence-electron chi connectivity index (χ1n) is 16.7. The number of nitrogens with one attached hydrogen (secondary N) is 4. The Kier molecular flexibility index (Phi) is 13.7. The molecule has 0 spiro atoms. The molecule has 53 heavy (non-hydrogen) atoms. The molecule has 5 aromatic rings. The average molecular weight is 730 g/mol. The van der Waals surface area contributed by atoms with Gasteiger partial charge in [0.05, 0.1) is 30.9 Å². The zero-order valence-corrected chi connectivity index (χ0v) is 28.5. The first-order chi connectivity index (χ1) is 25.6. The van der Waals surface area contributed by atoms with Crippen molar-refractivity contribution in [2.24, 2.45) is 0 Å². The number of halogens is 3. The molecule has 276 valence electrons. The van der Waals surface area contributed by atoms with Crippen LogP contribution in [0.1, 0.15) is 44.7 Å². The minimum absolute atomic E-state index is 0.0163. The molecule has 0 aliphatic carbocycles. The van der Waals surface area contributed by atoms with E-state index in [4.69, 9.17) is 9.47 Å². The lowest BCUT2D eigenvalue weighted by Crippen LogP contribution is -2.26. The van der Waals surface area contributed by atoms with Gasteiger partial charge in [-0.2, -0.15) is 28.1 Å². The molecular weight excluding hydrogens is 691 g/mol. The van der Waals surface area contributed by atoms with E-state index in [0.717, 1.165) is 17.7 Å². The van der Waals surface area contributed by atoms with E-state index in [0.29, 0.717) is 43.9 Å². The summed E-state index contributed by atoms with van der Waals surface area (Å²) in [5, 5.41) is 21.0. The highest BCUT2D eigenvalue weighted by Crippen LogP contribution is 2.34. The summed E-state index contributed by atoms with van der Waals surface area (Å²) in [4.78, 5) is 37.9. The third-order valence-corrected chi connectivity index (χ3v) is 7.57. The fourth-order valence-electron chi connectivity index (χ4n) is 4.96. The number of amides is 1. The number of rotatable bonds is 19. The van der Waals surface area contributed by atoms with E-state index in [2.05, 4.69) is 36.2 Å². The van der Waals surface area contributed by atoms with Gasteiger partial charge < -0.3 is 35.8 Å². The van der Waals surface area contributed by atoms with Crippen molar-refractivity contribution in [1.82, 2.24) is 20.3 Å². The van der Waals surface area contributed by atoms with E-state index in [1.807, 2.05) is 18.2 Å². The van der Waals surface area contributed by atoms with Gasteiger partial charge in [0.25, 0.3) is 5.91 Å². The maximum absolute atomic E-state index is 14.2. The van der Waals surface area contributed by atoms with Crippen LogP contribution >= 0.6 is 0 Å². The molecule has 1 aromatic heterocycles. The van der Waals surface area contributed by atoms with Gasteiger partial charge in [-0.25, -0.2) is 0 Å². The molecule has 12 nitrogen and oxygen atoms in total. The fourth-order valence-corrected chi connectivity index (χ4v) is 4.96. The van der Waals surface area contributed by atoms with Gasteiger partial charge in [-0.1, -0.05) is 60.7 Å². The molecule has 0 aliphatic heterocycles. The van der Waals surface area contributed by atoms with Crippen LogP contribution in [-0.2, 0) is 22.2 Å². The number of phenolic OH excluding ortho intramolecular Hbond substituents is 1. The number of ketones is 1. The molecule has 0 radical (unpaired) electrons. The van der Waals surface area contributed by atoms with Crippen LogP contribution in [0.5, 0.6) is 5.75 Å². The largest absolute Gasteiger partial charge is 0.508 e. The molecule has 15 heteroatoms. The molecule has 0 saturated carbocycles. The molecule has 0 aliphatic rings. The fraction of sp³-hybridized carbons (Fsp3) is 0.237. The predicted octanol–water partition coefficient (Wildman–Crippen LogP) is 7.12. The van der Waals surface area contributed by atoms with Crippen LogP contribution in [0.3, 0.4) is 0 Å². The highest BCUT2D eigenvalue weighted by Gasteiger charge is 2.35. The van der Waals surface area contributed by atoms with Gasteiger partial charge in [0.1, 0.15) is 5.75 Å². The number of Topliss-reactive ketones (excluding diaryl/α,β-unsaturated/α-hetero) is 1. The Morgan fingerprint density at radius 3 is 1.98 bits per heavy atom. The first-order valence-corrected chi connectivity index (χ1v) is 16.7. The SMILES string of the molecule is O=C(CCCOCCOCCNc1nc(Nc2ccc(O)cc2)nc(Nc2ccc(C(=O)NCc3ccccc3)c(C(F)(F)F)c2)n1)c1ccccc1. The van der Waals surface area contributed by atoms with Crippen molar-refractivity contribution in [2.45, 2.75) is 25.6 Å². The number of alkyl halides is 3. The summed E-state index contributed by atoms with van der Waals surface area (Å²) < 4.78 is 53.7. The number of carbonyl (C=O) groups excluding carboxylic acids is 2. The number of nitrogens with zero attached hydrogens (tertiary/aromatic N) is 3. The molecule has 5 N–H and O–H groups in total. The normalized spacial score (nSPS) is 11.2. The molecule has 0 unspecified atom stereocenters. The number of ether oxygens (including phenoxy) is 2. The highest BCUT2D eigenvalue weighted by molar-refractivity contribution is 5.96. The monoisotopic (exact) mass is 729 g/mol. The van der Waals surface area contributed by atoms with Crippen molar-refractivity contribution in [1.29, 1.82) is 0 Å². The van der Waals surface area contributed by atoms with Crippen LogP contribution in [0, 0.1) is 0 Å². The lowest BCUT2D eigenvalue weighted by atomic mass is 10.0. The quantitative estimate of drug-likeness (QED) is 0.0335. The van der Waals surface area contributed by atoms with Crippen molar-refractivity contribution in [3.05, 3.63) is 125 Å². The lowest BCUT2D eigenvalue weighted by Gasteiger charge is -2.16. The number of phenols is 1. The summed E-state index contributed by atoms with van der Waals surface area (Å²) in [5.41, 5.74) is 0.268. The Morgan fingerprint density at radius 2 is 1.30 bits per heavy atom. The number of hydrogen-bond acceptors (Lipinski definition) is 11. The van der Waals surface area contributed by atoms with Crippen molar-refractivity contribution in [2.75, 3.05) is 48.9 Å². The van der Waals surface area contributed by atoms with Gasteiger partial charge >= 0.3 is 6.18 Å². The number of anilines is 5. The van der Waals surface area contributed by atoms with Crippen LogP contribution < -0.4 is 21.3 Å². The zero-order chi connectivity index (χ0) is 37.5. The minimum atomic E-state index is -4.83. The third-order valence-electron chi connectivity index (χ3n) is 7.57. The summed E-state index contributed by atoms with van der Waals surface area (Å²) >= 11 is 0. The van der Waals surface area contributed by atoms with Gasteiger partial charge in [0, 0.05) is 43.1 Å². The van der Waals surface area contributed by atoms with E-state index in [1.165, 1.54) is 18.2 Å². The molecule has 0 atom stereocenters. The van der Waals surface area contributed by atoms with Crippen molar-refractivity contribution in [3.63, 3.8) is 0 Å². The number of aromatic hydroxyl groups is 1. The second-order valence-electron chi connectivity index (χ2n) is 11.6. The van der Waals surface area contributed by atoms with Crippen LogP contribution in [0.15, 0.2) is 103 Å². The summed E-state index contributed by atoms with van der Waals surface area (Å²) in [6, 6.07) is 27.3. The Bertz CT molecular complexity index is 1930. The smallest absolute Gasteiger partial charge is 0.417 e. The van der Waals surface area contributed by atoms with Crippen LogP contribution in [0.4, 0.5) is 42.4 Å². The van der Waals surface area contributed by atoms with Gasteiger partial charge in [0.15, 0.2) is 5.78 Å². The number of carbonyl (C=O) groups is 2. The molecule has 0 saturated heterocycles. The van der Waals surface area contributed by atoms with Crippen molar-refractivity contribution < 1.29 is 37.3 Å². The Labute approximate surface area is 303 Å². The highest BCUT2D eigenvalue weighted by atomic mass is 19.4. The predicted molar refractivity (Wildman–Crippen MR) is 194 cm³/mol. The summed E-state index contributed by atoms with van der Waals surface area (Å²) in [5.74, 6) is -0.680. The van der Waals surface area contributed by atoms with E-state index in [9.17, 15) is 27.9 Å². The van der Waals surface area contributed by atoms with Crippen LogP contribution in [0.2, 0.25) is 0 Å². The summed E-state index contributed by atoms with van der Waals surface area (Å²) in [7, 11) is 0. The number of aromatic nitrogens is 3. The van der Waals surface area contributed by atoms with Gasteiger partial charge in [-0.3, -0.25) is 9.59 Å². The van der Waals surface area contributed by atoms with Crippen molar-refractivity contribution in [3.8, 4) is 5.75 Å². The summed E-state index contributed by atoms with van der Waals surface area (Å²) in [6.45, 7) is 1.67. The molecule has 5 rings (SSSR count). The lowest BCUT2D eigenvalue weighted by molar-refractivity contribution is -0.137. The molecule has 1 heterocycles. The Hall–Kier alpha value is -6.06. The molecule has 1 amide bonds. The van der Waals surface area contributed by atoms with Gasteiger partial charge in [-0.15, -0.1) is 0 Å². The molecule has 0 fully saturated rings. The van der Waals surface area contributed by atoms with Gasteiger partial charge in [-0.05, 0) is 54.4 Å². The zero-order valence-electron chi connectivity index (χ0n) is 28.5. The second-order valence-corrected chi connectivity index (χ2v) is 11.6. The van der Waals surface area contributed by atoms with Crippen LogP contribution in [-0.4, -0.2) is 64.7 Å². The Balaban J connectivity index is 1.17. The number of benzene rings is 4. The van der Waals surface area contributed by atoms with E-state index >= 15 is 0 Å². The molecular formula is C38H38F3N7O5. The standard InChI is InChI=1S/C38H38F3N7O5/c39-38(40,41)32-24-29(15-18-31(32)34(51)43-25-26-8-3-1-4-9-26)45-37-47-35(46-36(48-37)44-28-13-16-30(49)17-14-28)42-19-21-53-23-22-52-20-7-12-33(50)27-10-5-2-6-11-27/h1-6,8-11,13-18,24,49H,7,12,19-23,25H2,(H,43,51)(H3,42,44,45,46,47,48). The maximum Gasteiger partial charge on any atom is 0.417 e. The average Bonchev–Trinajstić information content (AvgIpc) is 3.16. The third kappa shape index (κ3) is 12.3. The van der Waals surface area contributed by atoms with E-state index in [-0.39, 0.29) is 54.8 Å².